The average molecular weight is 794 g/mol. The van der Waals surface area contributed by atoms with Gasteiger partial charge < -0.3 is 28.4 Å². The number of aromatic nitrogens is 3. The molecule has 0 spiro atoms. The lowest BCUT2D eigenvalue weighted by Crippen LogP contribution is -2.24. The number of unbranched alkanes of at least 4 members (excludes halogenated alkanes) is 18. The molecule has 0 saturated heterocycles. The summed E-state index contributed by atoms with van der Waals surface area (Å²) in [6.07, 6.45) is 28.3. The molecule has 314 valence electrons. The predicted octanol–water partition coefficient (Wildman–Crippen LogP) is 10.2. The van der Waals surface area contributed by atoms with Crippen molar-refractivity contribution in [2.45, 2.75) is 156 Å². The van der Waals surface area contributed by atoms with Gasteiger partial charge >= 0.3 is 13.6 Å². The van der Waals surface area contributed by atoms with E-state index in [9.17, 15) is 14.3 Å². The summed E-state index contributed by atoms with van der Waals surface area (Å²) in [6, 6.07) is 5.15. The van der Waals surface area contributed by atoms with Crippen LogP contribution >= 0.6 is 7.60 Å². The number of rotatable bonds is 36. The zero-order valence-electron chi connectivity index (χ0n) is 34.2. The van der Waals surface area contributed by atoms with Crippen LogP contribution in [0.3, 0.4) is 0 Å². The monoisotopic (exact) mass is 794 g/mol. The van der Waals surface area contributed by atoms with Crippen LogP contribution in [0.2, 0.25) is 0 Å². The second-order valence-electron chi connectivity index (χ2n) is 14.1. The Balaban J connectivity index is 1.80. The zero-order chi connectivity index (χ0) is 39.7. The Hall–Kier alpha value is -2.83. The van der Waals surface area contributed by atoms with Gasteiger partial charge in [-0.2, -0.15) is 9.78 Å². The van der Waals surface area contributed by atoms with Crippen molar-refractivity contribution in [2.24, 2.45) is 5.10 Å². The maximum absolute atomic E-state index is 12.7. The number of carbonyl (C=O) groups is 1. The third-order valence-electron chi connectivity index (χ3n) is 9.03. The molecular weight excluding hydrogens is 721 g/mol. The minimum Gasteiger partial charge on any atom is -0.493 e. The Labute approximate surface area is 331 Å². The normalized spacial score (nSPS) is 12.7. The quantitative estimate of drug-likeness (QED) is 0.0295. The zero-order valence-corrected chi connectivity index (χ0v) is 35.1. The minimum absolute atomic E-state index is 0.0818. The maximum atomic E-state index is 12.7. The fourth-order valence-electron chi connectivity index (χ4n) is 5.91. The minimum atomic E-state index is -3.60. The molecule has 0 aliphatic rings. The van der Waals surface area contributed by atoms with E-state index in [-0.39, 0.29) is 39.2 Å². The highest BCUT2D eigenvalue weighted by molar-refractivity contribution is 7.52. The molecule has 14 heteroatoms. The van der Waals surface area contributed by atoms with Crippen LogP contribution in [0.1, 0.15) is 160 Å². The van der Waals surface area contributed by atoms with Crippen LogP contribution in [-0.2, 0) is 25.2 Å². The third-order valence-corrected chi connectivity index (χ3v) is 10.4. The molecule has 0 radical (unpaired) electrons. The second kappa shape index (κ2) is 32.3. The van der Waals surface area contributed by atoms with Crippen LogP contribution in [0.25, 0.3) is 0 Å². The highest BCUT2D eigenvalue weighted by Gasteiger charge is 2.17. The van der Waals surface area contributed by atoms with Gasteiger partial charge in [0.25, 0.3) is 0 Å². The molecule has 0 bridgehead atoms. The summed E-state index contributed by atoms with van der Waals surface area (Å²) in [5.41, 5.74) is 3.68. The molecule has 1 amide bonds. The molecule has 2 aromatic rings. The van der Waals surface area contributed by atoms with Crippen LogP contribution in [0.5, 0.6) is 11.5 Å². The second-order valence-corrected chi connectivity index (χ2v) is 16.1. The van der Waals surface area contributed by atoms with Crippen molar-refractivity contribution in [3.05, 3.63) is 35.7 Å². The topological polar surface area (TPSA) is 156 Å². The predicted molar refractivity (Wildman–Crippen MR) is 219 cm³/mol. The highest BCUT2D eigenvalue weighted by Crippen LogP contribution is 2.40. The molecule has 2 rings (SSSR count). The van der Waals surface area contributed by atoms with Crippen molar-refractivity contribution in [1.29, 1.82) is 0 Å². The maximum Gasteiger partial charge on any atom is 0.363 e. The first kappa shape index (κ1) is 48.3. The van der Waals surface area contributed by atoms with Gasteiger partial charge in [0, 0.05) is 11.6 Å². The standard InChI is InChI=1S/C41H72N5O8P/c1-4-7-9-11-13-15-17-19-21-23-25-52-39-31-37(32-40(33-39)53-26-24-22-20-18-16-14-12-10-8-5-2)34-42-44-41(47)46-35-38(43-45-46)36-51-28-27-50-29-30-55(48,49)54-6-3/h31-35H,4-30,36H2,1-3H3,(H,44,47)(H,48,49)/b42-34+. The van der Waals surface area contributed by atoms with Gasteiger partial charge in [-0.05, 0) is 31.9 Å². The van der Waals surface area contributed by atoms with Gasteiger partial charge in [-0.15, -0.1) is 5.10 Å². The molecule has 0 fully saturated rings. The Morgan fingerprint density at radius 1 is 0.727 bits per heavy atom. The number of amides is 1. The Morgan fingerprint density at radius 2 is 1.24 bits per heavy atom. The molecule has 2 N–H and O–H groups in total. The van der Waals surface area contributed by atoms with E-state index in [1.54, 1.807) is 13.1 Å². The fraction of sp³-hybridized carbons (Fsp3) is 0.756. The number of nitrogens with zero attached hydrogens (tertiary/aromatic N) is 4. The van der Waals surface area contributed by atoms with Gasteiger partial charge in [0.15, 0.2) is 0 Å². The first-order chi connectivity index (χ1) is 26.9. The van der Waals surface area contributed by atoms with E-state index in [0.29, 0.717) is 18.9 Å². The van der Waals surface area contributed by atoms with Crippen molar-refractivity contribution in [3.63, 3.8) is 0 Å². The lowest BCUT2D eigenvalue weighted by Gasteiger charge is -2.11. The van der Waals surface area contributed by atoms with Crippen molar-refractivity contribution in [3.8, 4) is 11.5 Å². The van der Waals surface area contributed by atoms with Gasteiger partial charge in [0.2, 0.25) is 0 Å². The molecule has 0 aliphatic carbocycles. The van der Waals surface area contributed by atoms with Crippen LogP contribution in [-0.4, -0.2) is 77.9 Å². The molecule has 1 atom stereocenters. The number of benzene rings is 1. The molecule has 1 heterocycles. The van der Waals surface area contributed by atoms with Crippen LogP contribution in [0, 0.1) is 0 Å². The van der Waals surface area contributed by atoms with E-state index in [0.717, 1.165) is 47.4 Å². The number of ether oxygens (including phenoxy) is 4. The lowest BCUT2D eigenvalue weighted by atomic mass is 10.1. The Kier molecular flexibility index (Phi) is 28.4. The average Bonchev–Trinajstić information content (AvgIpc) is 3.65. The molecule has 55 heavy (non-hydrogen) atoms. The van der Waals surface area contributed by atoms with Gasteiger partial charge in [-0.3, -0.25) is 4.57 Å². The summed E-state index contributed by atoms with van der Waals surface area (Å²) in [5.74, 6) is 1.43. The SMILES string of the molecule is CCCCCCCCCCCCOc1cc(/C=N/NC(=O)n2cc(COCCOCCP(=O)(O)OCC)nn2)cc(OCCCCCCCCCCCC)c1. The number of nitrogens with one attached hydrogen (secondary N) is 1. The smallest absolute Gasteiger partial charge is 0.363 e. The van der Waals surface area contributed by atoms with E-state index in [4.69, 9.17) is 23.5 Å². The molecular formula is C41H72N5O8P. The first-order valence-electron chi connectivity index (χ1n) is 21.1. The summed E-state index contributed by atoms with van der Waals surface area (Å²) < 4.78 is 40.6. The number of hydrogen-bond acceptors (Lipinski definition) is 10. The van der Waals surface area contributed by atoms with Crippen molar-refractivity contribution < 1.29 is 37.7 Å². The van der Waals surface area contributed by atoms with Gasteiger partial charge in [0.1, 0.15) is 17.2 Å². The number of hydrogen-bond donors (Lipinski definition) is 2. The largest absolute Gasteiger partial charge is 0.493 e. The first-order valence-corrected chi connectivity index (χ1v) is 22.9. The van der Waals surface area contributed by atoms with Crippen molar-refractivity contribution in [1.82, 2.24) is 20.4 Å². The number of hydrazone groups is 1. The van der Waals surface area contributed by atoms with Gasteiger partial charge in [-0.1, -0.05) is 135 Å². The fourth-order valence-corrected chi connectivity index (χ4v) is 6.81. The Morgan fingerprint density at radius 3 is 1.76 bits per heavy atom. The summed E-state index contributed by atoms with van der Waals surface area (Å²) >= 11 is 0. The van der Waals surface area contributed by atoms with E-state index in [2.05, 4.69) is 34.7 Å². The Bertz CT molecular complexity index is 1280. The van der Waals surface area contributed by atoms with Crippen molar-refractivity contribution in [2.75, 3.05) is 45.8 Å². The van der Waals surface area contributed by atoms with Gasteiger partial charge in [-0.25, -0.2) is 10.2 Å². The van der Waals surface area contributed by atoms with Crippen LogP contribution < -0.4 is 14.9 Å². The van der Waals surface area contributed by atoms with Crippen LogP contribution in [0.4, 0.5) is 4.79 Å². The molecule has 13 nitrogen and oxygen atoms in total. The third kappa shape index (κ3) is 25.9. The van der Waals surface area contributed by atoms with Crippen molar-refractivity contribution >= 4 is 19.8 Å². The molecule has 1 aromatic heterocycles. The molecule has 0 aliphatic heterocycles. The molecule has 1 unspecified atom stereocenters. The van der Waals surface area contributed by atoms with E-state index >= 15 is 0 Å². The van der Waals surface area contributed by atoms with E-state index in [1.165, 1.54) is 109 Å². The van der Waals surface area contributed by atoms with Crippen LogP contribution in [0.15, 0.2) is 29.5 Å². The summed E-state index contributed by atoms with van der Waals surface area (Å²) in [6.45, 7) is 8.28. The van der Waals surface area contributed by atoms with E-state index in [1.807, 2.05) is 18.2 Å². The lowest BCUT2D eigenvalue weighted by molar-refractivity contribution is 0.0435. The van der Waals surface area contributed by atoms with E-state index < -0.39 is 13.6 Å². The number of carbonyl (C=O) groups excluding carboxylic acids is 1. The summed E-state index contributed by atoms with van der Waals surface area (Å²) in [5, 5.41) is 12.0. The molecule has 0 saturated carbocycles. The molecule has 1 aromatic carbocycles. The summed E-state index contributed by atoms with van der Waals surface area (Å²) in [7, 11) is -3.60. The highest BCUT2D eigenvalue weighted by atomic mass is 31.2. The van der Waals surface area contributed by atoms with Gasteiger partial charge in [0.05, 0.1) is 64.8 Å². The summed E-state index contributed by atoms with van der Waals surface area (Å²) in [4.78, 5) is 22.2.